The number of nitrogens with zero attached hydrogens (tertiary/aromatic N) is 1. The molecule has 4 aromatic rings. The molecular weight excluding hydrogens is 330 g/mol. The lowest BCUT2D eigenvalue weighted by Gasteiger charge is -2.31. The summed E-state index contributed by atoms with van der Waals surface area (Å²) in [5.74, 6) is 0.676. The number of nitrogens with one attached hydrogen (secondary N) is 2. The highest BCUT2D eigenvalue weighted by atomic mass is 15.1. The third-order valence-electron chi connectivity index (χ3n) is 5.86. The van der Waals surface area contributed by atoms with E-state index in [1.165, 1.54) is 59.0 Å². The van der Waals surface area contributed by atoms with Crippen LogP contribution in [-0.4, -0.2) is 34.5 Å². The molecule has 1 fully saturated rings. The molecule has 0 atom stereocenters. The van der Waals surface area contributed by atoms with Crippen LogP contribution in [-0.2, 0) is 0 Å². The van der Waals surface area contributed by atoms with Gasteiger partial charge in [-0.05, 0) is 67.1 Å². The summed E-state index contributed by atoms with van der Waals surface area (Å²) in [4.78, 5) is 9.46. The predicted octanol–water partition coefficient (Wildman–Crippen LogP) is 5.54. The number of benzene rings is 2. The molecule has 3 heterocycles. The highest BCUT2D eigenvalue weighted by Gasteiger charge is 2.22. The predicted molar refractivity (Wildman–Crippen MR) is 114 cm³/mol. The molecule has 0 spiro atoms. The van der Waals surface area contributed by atoms with E-state index in [0.717, 1.165) is 6.54 Å². The molecule has 2 N–H and O–H groups in total. The van der Waals surface area contributed by atoms with Gasteiger partial charge in [-0.3, -0.25) is 4.90 Å². The Morgan fingerprint density at radius 1 is 0.963 bits per heavy atom. The van der Waals surface area contributed by atoms with Crippen LogP contribution in [0.3, 0.4) is 0 Å². The molecule has 1 aliphatic rings. The van der Waals surface area contributed by atoms with Crippen LogP contribution in [0.5, 0.6) is 0 Å². The zero-order valence-electron chi connectivity index (χ0n) is 15.5. The lowest BCUT2D eigenvalue weighted by atomic mass is 9.89. The van der Waals surface area contributed by atoms with Gasteiger partial charge in [0.1, 0.15) is 0 Å². The molecule has 5 rings (SSSR count). The molecule has 0 bridgehead atoms. The summed E-state index contributed by atoms with van der Waals surface area (Å²) in [5.41, 5.74) is 5.15. The number of fused-ring (bicyclic) bond motifs is 2. The molecule has 2 aromatic carbocycles. The zero-order chi connectivity index (χ0) is 18.1. The molecule has 0 aliphatic carbocycles. The van der Waals surface area contributed by atoms with Crippen molar-refractivity contribution in [1.29, 1.82) is 0 Å². The van der Waals surface area contributed by atoms with Crippen molar-refractivity contribution in [3.63, 3.8) is 0 Å². The largest absolute Gasteiger partial charge is 0.361 e. The SMILES string of the molecule is C(=C\c1cc2ccccc2[nH]1)/CN1CCC(c2c[nH]c3ccccc23)CC1. The minimum absolute atomic E-state index is 0.676. The van der Waals surface area contributed by atoms with Crippen LogP contribution in [0.2, 0.25) is 0 Å². The Morgan fingerprint density at radius 3 is 2.59 bits per heavy atom. The second-order valence-electron chi connectivity index (χ2n) is 7.58. The van der Waals surface area contributed by atoms with E-state index in [9.17, 15) is 0 Å². The second-order valence-corrected chi connectivity index (χ2v) is 7.58. The smallest absolute Gasteiger partial charge is 0.0458 e. The number of H-pyrrole nitrogens is 2. The van der Waals surface area contributed by atoms with Gasteiger partial charge in [-0.2, -0.15) is 0 Å². The Morgan fingerprint density at radius 2 is 1.74 bits per heavy atom. The molecule has 27 heavy (non-hydrogen) atoms. The fourth-order valence-electron chi connectivity index (χ4n) is 4.37. The maximum Gasteiger partial charge on any atom is 0.0458 e. The molecule has 0 saturated carbocycles. The quantitative estimate of drug-likeness (QED) is 0.495. The Hall–Kier alpha value is -2.78. The lowest BCUT2D eigenvalue weighted by molar-refractivity contribution is 0.233. The lowest BCUT2D eigenvalue weighted by Crippen LogP contribution is -2.32. The molecule has 2 aromatic heterocycles. The van der Waals surface area contributed by atoms with Crippen LogP contribution < -0.4 is 0 Å². The minimum atomic E-state index is 0.676. The van der Waals surface area contributed by atoms with Crippen molar-refractivity contribution in [2.24, 2.45) is 0 Å². The fraction of sp³-hybridized carbons (Fsp3) is 0.250. The molecule has 0 unspecified atom stereocenters. The maximum absolute atomic E-state index is 3.47. The maximum atomic E-state index is 3.47. The first-order valence-electron chi connectivity index (χ1n) is 9.89. The van der Waals surface area contributed by atoms with Crippen molar-refractivity contribution >= 4 is 27.9 Å². The summed E-state index contributed by atoms with van der Waals surface area (Å²) < 4.78 is 0. The number of hydrogen-bond donors (Lipinski definition) is 2. The molecule has 0 radical (unpaired) electrons. The van der Waals surface area contributed by atoms with Crippen molar-refractivity contribution in [1.82, 2.24) is 14.9 Å². The Balaban J connectivity index is 1.19. The standard InChI is InChI=1S/C24H25N3/c1-3-9-23-19(6-1)16-20(26-23)7-5-13-27-14-11-18(12-15-27)22-17-25-24-10-4-2-8-21(22)24/h1-10,16-18,25-26H,11-15H2/b7-5+. The Kier molecular flexibility index (Phi) is 4.30. The normalized spacial score (nSPS) is 16.7. The minimum Gasteiger partial charge on any atom is -0.361 e. The van der Waals surface area contributed by atoms with Crippen molar-refractivity contribution in [2.45, 2.75) is 18.8 Å². The van der Waals surface area contributed by atoms with Crippen molar-refractivity contribution in [3.05, 3.63) is 78.1 Å². The average molecular weight is 355 g/mol. The van der Waals surface area contributed by atoms with Gasteiger partial charge in [0.05, 0.1) is 0 Å². The van der Waals surface area contributed by atoms with Gasteiger partial charge in [0, 0.05) is 34.9 Å². The highest BCUT2D eigenvalue weighted by molar-refractivity contribution is 5.84. The van der Waals surface area contributed by atoms with E-state index in [-0.39, 0.29) is 0 Å². The summed E-state index contributed by atoms with van der Waals surface area (Å²) >= 11 is 0. The topological polar surface area (TPSA) is 34.8 Å². The summed E-state index contributed by atoms with van der Waals surface area (Å²) in [6.45, 7) is 3.36. The van der Waals surface area contributed by atoms with E-state index in [1.54, 1.807) is 0 Å². The van der Waals surface area contributed by atoms with Gasteiger partial charge in [-0.15, -0.1) is 0 Å². The van der Waals surface area contributed by atoms with Gasteiger partial charge in [-0.1, -0.05) is 42.5 Å². The van der Waals surface area contributed by atoms with Gasteiger partial charge in [-0.25, -0.2) is 0 Å². The Bertz CT molecular complexity index is 1040. The van der Waals surface area contributed by atoms with E-state index in [4.69, 9.17) is 0 Å². The first kappa shape index (κ1) is 16.4. The van der Waals surface area contributed by atoms with Gasteiger partial charge in [0.15, 0.2) is 0 Å². The van der Waals surface area contributed by atoms with Crippen LogP contribution >= 0.6 is 0 Å². The molecule has 3 heteroatoms. The van der Waals surface area contributed by atoms with E-state index < -0.39 is 0 Å². The van der Waals surface area contributed by atoms with Crippen LogP contribution in [0.25, 0.3) is 27.9 Å². The molecule has 0 amide bonds. The van der Waals surface area contributed by atoms with E-state index >= 15 is 0 Å². The Labute approximate surface area is 159 Å². The average Bonchev–Trinajstić information content (AvgIpc) is 3.32. The molecule has 136 valence electrons. The number of rotatable bonds is 4. The highest BCUT2D eigenvalue weighted by Crippen LogP contribution is 2.33. The number of hydrogen-bond acceptors (Lipinski definition) is 1. The summed E-state index contributed by atoms with van der Waals surface area (Å²) in [6, 6.07) is 19.3. The monoisotopic (exact) mass is 355 g/mol. The number of likely N-dealkylation sites (tertiary alicyclic amines) is 1. The third kappa shape index (κ3) is 3.31. The second kappa shape index (κ2) is 7.09. The molecule has 1 saturated heterocycles. The van der Waals surface area contributed by atoms with Crippen molar-refractivity contribution < 1.29 is 0 Å². The number of para-hydroxylation sites is 2. The number of piperidine rings is 1. The first-order chi connectivity index (χ1) is 13.4. The van der Waals surface area contributed by atoms with Crippen LogP contribution in [0.15, 0.2) is 66.9 Å². The van der Waals surface area contributed by atoms with Crippen LogP contribution in [0, 0.1) is 0 Å². The van der Waals surface area contributed by atoms with E-state index in [2.05, 4.69) is 87.8 Å². The van der Waals surface area contributed by atoms with Crippen molar-refractivity contribution in [3.8, 4) is 0 Å². The zero-order valence-corrected chi connectivity index (χ0v) is 15.5. The fourth-order valence-corrected chi connectivity index (χ4v) is 4.37. The first-order valence-corrected chi connectivity index (χ1v) is 9.89. The summed E-state index contributed by atoms with van der Waals surface area (Å²) in [5, 5.41) is 2.67. The van der Waals surface area contributed by atoms with Gasteiger partial charge < -0.3 is 9.97 Å². The third-order valence-corrected chi connectivity index (χ3v) is 5.86. The molecular formula is C24H25N3. The summed E-state index contributed by atoms with van der Waals surface area (Å²) in [7, 11) is 0. The van der Waals surface area contributed by atoms with E-state index in [0.29, 0.717) is 5.92 Å². The molecule has 1 aliphatic heterocycles. The van der Waals surface area contributed by atoms with Crippen LogP contribution in [0.4, 0.5) is 0 Å². The number of aromatic amines is 2. The summed E-state index contributed by atoms with van der Waals surface area (Å²) in [6.07, 6.45) is 9.20. The van der Waals surface area contributed by atoms with Crippen LogP contribution in [0.1, 0.15) is 30.0 Å². The van der Waals surface area contributed by atoms with Crippen molar-refractivity contribution in [2.75, 3.05) is 19.6 Å². The van der Waals surface area contributed by atoms with Gasteiger partial charge in [0.25, 0.3) is 0 Å². The molecule has 3 nitrogen and oxygen atoms in total. The van der Waals surface area contributed by atoms with Gasteiger partial charge in [0.2, 0.25) is 0 Å². The number of aromatic nitrogens is 2. The van der Waals surface area contributed by atoms with E-state index in [1.807, 2.05) is 0 Å². The van der Waals surface area contributed by atoms with Gasteiger partial charge >= 0.3 is 0 Å².